The molecule has 0 aromatic heterocycles. The topological polar surface area (TPSA) is 53.7 Å². The zero-order valence-corrected chi connectivity index (χ0v) is 12.7. The Labute approximate surface area is 118 Å². The van der Waals surface area contributed by atoms with Crippen molar-refractivity contribution < 1.29 is 14.2 Å². The molecule has 96 valence electrons. The fourth-order valence-electron chi connectivity index (χ4n) is 1.16. The highest BCUT2D eigenvalue weighted by Gasteiger charge is 2.07. The molecule has 6 heteroatoms. The highest BCUT2D eigenvalue weighted by Crippen LogP contribution is 2.35. The zero-order chi connectivity index (χ0) is 12.7. The average molecular weight is 369 g/mol. The summed E-state index contributed by atoms with van der Waals surface area (Å²) in [5.41, 5.74) is 6.36. The minimum absolute atomic E-state index is 0.477. The minimum atomic E-state index is 0.477. The van der Waals surface area contributed by atoms with E-state index in [-0.39, 0.29) is 0 Å². The van der Waals surface area contributed by atoms with Crippen LogP contribution in [0.3, 0.4) is 0 Å². The molecule has 0 heterocycles. The van der Waals surface area contributed by atoms with Crippen molar-refractivity contribution in [3.8, 4) is 5.75 Å². The summed E-state index contributed by atoms with van der Waals surface area (Å²) in [6.45, 7) is 2.16. The predicted octanol–water partition coefficient (Wildman–Crippen LogP) is 2.84. The first-order chi connectivity index (χ1) is 8.15. The second-order valence-corrected chi connectivity index (χ2v) is 4.98. The smallest absolute Gasteiger partial charge is 0.147 e. The van der Waals surface area contributed by atoms with Gasteiger partial charge < -0.3 is 19.9 Å². The molecule has 0 saturated heterocycles. The standard InChI is InChI=1S/C11H15Br2NO3/c1-15-2-3-16-4-5-17-11-9(12)6-8(14)7-10(11)13/h6-7H,2-5,14H2,1H3. The Kier molecular flexibility index (Phi) is 6.87. The number of nitrogen functional groups attached to an aromatic ring is 1. The first-order valence-corrected chi connectivity index (χ1v) is 6.67. The number of benzene rings is 1. The molecule has 1 rings (SSSR count). The van der Waals surface area contributed by atoms with Crippen LogP contribution in [0.4, 0.5) is 5.69 Å². The second-order valence-electron chi connectivity index (χ2n) is 3.27. The van der Waals surface area contributed by atoms with Gasteiger partial charge >= 0.3 is 0 Å². The molecule has 0 bridgehead atoms. The Morgan fingerprint density at radius 1 is 1.06 bits per heavy atom. The highest BCUT2D eigenvalue weighted by molar-refractivity contribution is 9.11. The lowest BCUT2D eigenvalue weighted by atomic mass is 10.3. The van der Waals surface area contributed by atoms with Gasteiger partial charge in [0.1, 0.15) is 12.4 Å². The second kappa shape index (κ2) is 7.92. The van der Waals surface area contributed by atoms with Gasteiger partial charge in [0.15, 0.2) is 0 Å². The van der Waals surface area contributed by atoms with Crippen LogP contribution in [0, 0.1) is 0 Å². The summed E-state index contributed by atoms with van der Waals surface area (Å²) in [6.07, 6.45) is 0. The van der Waals surface area contributed by atoms with Crippen molar-refractivity contribution in [2.45, 2.75) is 0 Å². The summed E-state index contributed by atoms with van der Waals surface area (Å²) >= 11 is 6.79. The van der Waals surface area contributed by atoms with E-state index in [4.69, 9.17) is 19.9 Å². The molecule has 1 aromatic rings. The highest BCUT2D eigenvalue weighted by atomic mass is 79.9. The van der Waals surface area contributed by atoms with Crippen LogP contribution in [0.25, 0.3) is 0 Å². The van der Waals surface area contributed by atoms with Crippen molar-refractivity contribution in [1.29, 1.82) is 0 Å². The summed E-state index contributed by atoms with van der Waals surface area (Å²) in [5.74, 6) is 0.731. The number of rotatable bonds is 7. The molecule has 0 fully saturated rings. The quantitative estimate of drug-likeness (QED) is 0.594. The van der Waals surface area contributed by atoms with Gasteiger partial charge in [-0.1, -0.05) is 0 Å². The maximum absolute atomic E-state index is 5.68. The van der Waals surface area contributed by atoms with Gasteiger partial charge in [-0.05, 0) is 44.0 Å². The average Bonchev–Trinajstić information content (AvgIpc) is 2.26. The van der Waals surface area contributed by atoms with E-state index in [1.54, 1.807) is 19.2 Å². The maximum Gasteiger partial charge on any atom is 0.147 e. The van der Waals surface area contributed by atoms with Gasteiger partial charge in [0.2, 0.25) is 0 Å². The first kappa shape index (κ1) is 14.8. The summed E-state index contributed by atoms with van der Waals surface area (Å²) in [4.78, 5) is 0. The van der Waals surface area contributed by atoms with Gasteiger partial charge in [0.05, 0.1) is 28.8 Å². The van der Waals surface area contributed by atoms with E-state index in [0.29, 0.717) is 32.1 Å². The van der Waals surface area contributed by atoms with E-state index < -0.39 is 0 Å². The fraction of sp³-hybridized carbons (Fsp3) is 0.455. The van der Waals surface area contributed by atoms with Gasteiger partial charge in [-0.25, -0.2) is 0 Å². The molecule has 17 heavy (non-hydrogen) atoms. The third-order valence-corrected chi connectivity index (χ3v) is 3.10. The van der Waals surface area contributed by atoms with Crippen LogP contribution in [0.2, 0.25) is 0 Å². The molecule has 0 radical (unpaired) electrons. The number of hydrogen-bond acceptors (Lipinski definition) is 4. The minimum Gasteiger partial charge on any atom is -0.489 e. The van der Waals surface area contributed by atoms with Crippen molar-refractivity contribution >= 4 is 37.5 Å². The van der Waals surface area contributed by atoms with E-state index in [0.717, 1.165) is 14.7 Å². The first-order valence-electron chi connectivity index (χ1n) is 5.09. The Morgan fingerprint density at radius 3 is 2.24 bits per heavy atom. The van der Waals surface area contributed by atoms with Crippen molar-refractivity contribution in [3.63, 3.8) is 0 Å². The Bertz CT molecular complexity index is 338. The normalized spacial score (nSPS) is 10.5. The summed E-state index contributed by atoms with van der Waals surface area (Å²) in [5, 5.41) is 0. The van der Waals surface area contributed by atoms with Crippen LogP contribution in [-0.2, 0) is 9.47 Å². The van der Waals surface area contributed by atoms with Gasteiger partial charge in [-0.2, -0.15) is 0 Å². The van der Waals surface area contributed by atoms with Gasteiger partial charge in [0.25, 0.3) is 0 Å². The molecule has 0 aliphatic carbocycles. The Hall–Kier alpha value is -0.300. The van der Waals surface area contributed by atoms with Crippen molar-refractivity contribution in [2.75, 3.05) is 39.3 Å². The molecular weight excluding hydrogens is 354 g/mol. The number of anilines is 1. The number of methoxy groups -OCH3 is 1. The number of halogens is 2. The SMILES string of the molecule is COCCOCCOc1c(Br)cc(N)cc1Br. The molecule has 4 nitrogen and oxygen atoms in total. The maximum atomic E-state index is 5.68. The van der Waals surface area contributed by atoms with Crippen molar-refractivity contribution in [2.24, 2.45) is 0 Å². The molecule has 0 spiro atoms. The summed E-state index contributed by atoms with van der Waals surface area (Å²) in [6, 6.07) is 3.59. The van der Waals surface area contributed by atoms with E-state index in [2.05, 4.69) is 31.9 Å². The Morgan fingerprint density at radius 2 is 1.65 bits per heavy atom. The van der Waals surface area contributed by atoms with Crippen LogP contribution in [0.15, 0.2) is 21.1 Å². The number of nitrogens with two attached hydrogens (primary N) is 1. The van der Waals surface area contributed by atoms with Gasteiger partial charge in [0, 0.05) is 12.8 Å². The molecule has 0 amide bonds. The van der Waals surface area contributed by atoms with E-state index in [1.165, 1.54) is 0 Å². The predicted molar refractivity (Wildman–Crippen MR) is 74.4 cm³/mol. The summed E-state index contributed by atoms with van der Waals surface area (Å²) < 4.78 is 17.4. The van der Waals surface area contributed by atoms with E-state index in [9.17, 15) is 0 Å². The molecule has 0 saturated carbocycles. The largest absolute Gasteiger partial charge is 0.489 e. The van der Waals surface area contributed by atoms with Crippen molar-refractivity contribution in [3.05, 3.63) is 21.1 Å². The van der Waals surface area contributed by atoms with Crippen LogP contribution >= 0.6 is 31.9 Å². The Balaban J connectivity index is 2.36. The fourth-order valence-corrected chi connectivity index (χ4v) is 2.62. The molecule has 0 aliphatic heterocycles. The molecule has 0 aliphatic rings. The van der Waals surface area contributed by atoms with E-state index in [1.807, 2.05) is 0 Å². The van der Waals surface area contributed by atoms with Gasteiger partial charge in [-0.15, -0.1) is 0 Å². The lowest BCUT2D eigenvalue weighted by Crippen LogP contribution is -2.10. The van der Waals surface area contributed by atoms with Crippen LogP contribution in [-0.4, -0.2) is 33.5 Å². The molecular formula is C11H15Br2NO3. The molecule has 0 atom stereocenters. The van der Waals surface area contributed by atoms with Crippen LogP contribution in [0.1, 0.15) is 0 Å². The number of ether oxygens (including phenoxy) is 3. The van der Waals surface area contributed by atoms with Crippen molar-refractivity contribution in [1.82, 2.24) is 0 Å². The lowest BCUT2D eigenvalue weighted by Gasteiger charge is -2.11. The molecule has 2 N–H and O–H groups in total. The third-order valence-electron chi connectivity index (χ3n) is 1.93. The van der Waals surface area contributed by atoms with E-state index >= 15 is 0 Å². The van der Waals surface area contributed by atoms with Gasteiger partial charge in [-0.3, -0.25) is 0 Å². The van der Waals surface area contributed by atoms with Crippen LogP contribution < -0.4 is 10.5 Å². The summed E-state index contributed by atoms with van der Waals surface area (Å²) in [7, 11) is 1.64. The molecule has 0 unspecified atom stereocenters. The third kappa shape index (κ3) is 5.25. The lowest BCUT2D eigenvalue weighted by molar-refractivity contribution is 0.0542. The van der Waals surface area contributed by atoms with Crippen LogP contribution in [0.5, 0.6) is 5.75 Å². The number of hydrogen-bond donors (Lipinski definition) is 1. The molecule has 1 aromatic carbocycles. The monoisotopic (exact) mass is 367 g/mol. The zero-order valence-electron chi connectivity index (χ0n) is 9.54.